The molecule has 0 radical (unpaired) electrons. The fourth-order valence-electron chi connectivity index (χ4n) is 8.85. The van der Waals surface area contributed by atoms with Gasteiger partial charge in [0.05, 0.1) is 22.1 Å². The van der Waals surface area contributed by atoms with Gasteiger partial charge in [-0.2, -0.15) is 0 Å². The van der Waals surface area contributed by atoms with Crippen molar-refractivity contribution in [2.24, 2.45) is 0 Å². The molecule has 9 aromatic carbocycles. The summed E-state index contributed by atoms with van der Waals surface area (Å²) >= 11 is 0. The average Bonchev–Trinajstić information content (AvgIpc) is 3.80. The van der Waals surface area contributed by atoms with Gasteiger partial charge in [0.15, 0.2) is 17.5 Å². The molecule has 0 aliphatic carbocycles. The standard InChI is InChI=1S/C53H33N5/c1-3-15-34(16-4-1)51-54-52(38-27-28-44-42-23-11-13-25-47(42)57(49(44)32-38)39-20-5-2-6-21-39)56-53(55-51)46-33-40(29-37-19-9-10-22-41(37)46)58-48-26-14-12-24-43(48)45-30-35-17-7-8-18-36(35)31-50(45)58/h1-33H. The molecule has 0 bridgehead atoms. The molecule has 0 N–H and O–H groups in total. The summed E-state index contributed by atoms with van der Waals surface area (Å²) in [6.45, 7) is 0. The van der Waals surface area contributed by atoms with Crippen LogP contribution in [-0.4, -0.2) is 24.1 Å². The molecule has 0 atom stereocenters. The summed E-state index contributed by atoms with van der Waals surface area (Å²) in [5, 5.41) is 9.45. The smallest absolute Gasteiger partial charge is 0.164 e. The zero-order valence-electron chi connectivity index (χ0n) is 31.3. The van der Waals surface area contributed by atoms with Crippen molar-refractivity contribution in [1.29, 1.82) is 0 Å². The Labute approximate surface area is 333 Å². The average molecular weight is 740 g/mol. The van der Waals surface area contributed by atoms with E-state index in [9.17, 15) is 0 Å². The number of fused-ring (bicyclic) bond motifs is 8. The van der Waals surface area contributed by atoms with Crippen LogP contribution in [0.25, 0.3) is 111 Å². The molecule has 0 unspecified atom stereocenters. The quantitative estimate of drug-likeness (QED) is 0.177. The van der Waals surface area contributed by atoms with Crippen LogP contribution >= 0.6 is 0 Å². The number of rotatable bonds is 5. The minimum Gasteiger partial charge on any atom is -0.309 e. The van der Waals surface area contributed by atoms with Crippen LogP contribution in [0.2, 0.25) is 0 Å². The summed E-state index contributed by atoms with van der Waals surface area (Å²) in [5.74, 6) is 1.87. The van der Waals surface area contributed by atoms with Crippen molar-refractivity contribution >= 4 is 65.2 Å². The van der Waals surface area contributed by atoms with Gasteiger partial charge in [-0.25, -0.2) is 15.0 Å². The maximum atomic E-state index is 5.36. The Hall–Kier alpha value is -7.89. The second kappa shape index (κ2) is 12.8. The van der Waals surface area contributed by atoms with Crippen LogP contribution in [0.4, 0.5) is 0 Å². The van der Waals surface area contributed by atoms with Crippen molar-refractivity contribution in [2.75, 3.05) is 0 Å². The molecule has 12 rings (SSSR count). The molecule has 0 amide bonds. The third-order valence-electron chi connectivity index (χ3n) is 11.5. The Morgan fingerprint density at radius 1 is 0.276 bits per heavy atom. The summed E-state index contributed by atoms with van der Waals surface area (Å²) in [6.07, 6.45) is 0. The van der Waals surface area contributed by atoms with Crippen LogP contribution in [0.3, 0.4) is 0 Å². The lowest BCUT2D eigenvalue weighted by Gasteiger charge is -2.15. The SMILES string of the molecule is c1ccc(-c2nc(-c3ccc4c5ccccc5n(-c5ccccc5)c4c3)nc(-c3cc(-n4c5ccccc5c5cc6ccccc6cc54)cc4ccccc34)n2)cc1. The molecule has 0 aliphatic rings. The van der Waals surface area contributed by atoms with Gasteiger partial charge in [-0.05, 0) is 76.1 Å². The molecule has 3 heterocycles. The molecule has 0 fully saturated rings. The molecule has 5 heteroatoms. The van der Waals surface area contributed by atoms with E-state index in [0.29, 0.717) is 17.5 Å². The van der Waals surface area contributed by atoms with Gasteiger partial charge in [-0.15, -0.1) is 0 Å². The Morgan fingerprint density at radius 3 is 1.53 bits per heavy atom. The monoisotopic (exact) mass is 739 g/mol. The first-order chi connectivity index (χ1) is 28.7. The summed E-state index contributed by atoms with van der Waals surface area (Å²) in [6, 6.07) is 71.0. The van der Waals surface area contributed by atoms with Crippen LogP contribution in [-0.2, 0) is 0 Å². The van der Waals surface area contributed by atoms with E-state index in [-0.39, 0.29) is 0 Å². The molecular weight excluding hydrogens is 707 g/mol. The van der Waals surface area contributed by atoms with Crippen LogP contribution in [0.15, 0.2) is 200 Å². The maximum absolute atomic E-state index is 5.36. The summed E-state index contributed by atoms with van der Waals surface area (Å²) in [5.41, 5.74) is 9.51. The molecule has 12 aromatic rings. The summed E-state index contributed by atoms with van der Waals surface area (Å²) in [4.78, 5) is 15.8. The van der Waals surface area contributed by atoms with Crippen molar-refractivity contribution in [3.05, 3.63) is 200 Å². The normalized spacial score (nSPS) is 11.8. The molecule has 270 valence electrons. The summed E-state index contributed by atoms with van der Waals surface area (Å²) < 4.78 is 4.73. The van der Waals surface area contributed by atoms with E-state index in [4.69, 9.17) is 15.0 Å². The first-order valence-electron chi connectivity index (χ1n) is 19.6. The number of nitrogens with zero attached hydrogens (tertiary/aromatic N) is 5. The second-order valence-corrected chi connectivity index (χ2v) is 14.9. The zero-order valence-corrected chi connectivity index (χ0v) is 31.3. The first-order valence-corrected chi connectivity index (χ1v) is 19.6. The van der Waals surface area contributed by atoms with Crippen molar-refractivity contribution in [1.82, 2.24) is 24.1 Å². The Bertz CT molecular complexity index is 3560. The maximum Gasteiger partial charge on any atom is 0.164 e. The van der Waals surface area contributed by atoms with Gasteiger partial charge in [0.2, 0.25) is 0 Å². The van der Waals surface area contributed by atoms with Gasteiger partial charge in [0.1, 0.15) is 0 Å². The van der Waals surface area contributed by atoms with E-state index in [1.54, 1.807) is 0 Å². The fraction of sp³-hybridized carbons (Fsp3) is 0. The predicted molar refractivity (Wildman–Crippen MR) is 240 cm³/mol. The Balaban J connectivity index is 1.12. The predicted octanol–water partition coefficient (Wildman–Crippen LogP) is 13.4. The molecule has 0 aliphatic heterocycles. The number of hydrogen-bond donors (Lipinski definition) is 0. The van der Waals surface area contributed by atoms with Crippen molar-refractivity contribution in [3.63, 3.8) is 0 Å². The zero-order chi connectivity index (χ0) is 38.2. The van der Waals surface area contributed by atoms with Gasteiger partial charge in [-0.3, -0.25) is 0 Å². The van der Waals surface area contributed by atoms with Crippen LogP contribution in [0, 0.1) is 0 Å². The lowest BCUT2D eigenvalue weighted by Crippen LogP contribution is -2.02. The fourth-order valence-corrected chi connectivity index (χ4v) is 8.85. The van der Waals surface area contributed by atoms with Crippen molar-refractivity contribution in [2.45, 2.75) is 0 Å². The topological polar surface area (TPSA) is 48.5 Å². The van der Waals surface area contributed by atoms with Crippen LogP contribution in [0.5, 0.6) is 0 Å². The van der Waals surface area contributed by atoms with Crippen LogP contribution < -0.4 is 0 Å². The number of benzene rings is 9. The second-order valence-electron chi connectivity index (χ2n) is 14.9. The lowest BCUT2D eigenvalue weighted by atomic mass is 10.0. The molecule has 58 heavy (non-hydrogen) atoms. The molecule has 3 aromatic heterocycles. The largest absolute Gasteiger partial charge is 0.309 e. The highest BCUT2D eigenvalue weighted by molar-refractivity contribution is 6.14. The third kappa shape index (κ3) is 5.07. The van der Waals surface area contributed by atoms with Gasteiger partial charge < -0.3 is 9.13 Å². The first kappa shape index (κ1) is 32.4. The van der Waals surface area contributed by atoms with E-state index < -0.39 is 0 Å². The van der Waals surface area contributed by atoms with Gasteiger partial charge in [0.25, 0.3) is 0 Å². The van der Waals surface area contributed by atoms with Gasteiger partial charge in [0, 0.05) is 49.6 Å². The van der Waals surface area contributed by atoms with E-state index in [2.05, 4.69) is 191 Å². The lowest BCUT2D eigenvalue weighted by molar-refractivity contribution is 1.07. The third-order valence-corrected chi connectivity index (χ3v) is 11.5. The Morgan fingerprint density at radius 2 is 0.793 bits per heavy atom. The van der Waals surface area contributed by atoms with Crippen LogP contribution in [0.1, 0.15) is 0 Å². The van der Waals surface area contributed by atoms with E-state index >= 15 is 0 Å². The van der Waals surface area contributed by atoms with E-state index in [1.807, 2.05) is 18.2 Å². The number of para-hydroxylation sites is 3. The summed E-state index contributed by atoms with van der Waals surface area (Å²) in [7, 11) is 0. The van der Waals surface area contributed by atoms with E-state index in [1.165, 1.54) is 32.3 Å². The molecule has 0 saturated carbocycles. The van der Waals surface area contributed by atoms with Gasteiger partial charge in [-0.1, -0.05) is 146 Å². The van der Waals surface area contributed by atoms with Crippen molar-refractivity contribution in [3.8, 4) is 45.5 Å². The molecule has 0 spiro atoms. The number of aromatic nitrogens is 5. The van der Waals surface area contributed by atoms with Gasteiger partial charge >= 0.3 is 0 Å². The van der Waals surface area contributed by atoms with E-state index in [0.717, 1.165) is 60.9 Å². The molecule has 5 nitrogen and oxygen atoms in total. The number of hydrogen-bond acceptors (Lipinski definition) is 3. The molecular formula is C53H33N5. The minimum absolute atomic E-state index is 0.619. The Kier molecular flexibility index (Phi) is 7.16. The minimum atomic E-state index is 0.619. The molecule has 0 saturated heterocycles. The van der Waals surface area contributed by atoms with Crippen molar-refractivity contribution < 1.29 is 0 Å². The highest BCUT2D eigenvalue weighted by atomic mass is 15.0. The highest BCUT2D eigenvalue weighted by Gasteiger charge is 2.20. The highest BCUT2D eigenvalue weighted by Crippen LogP contribution is 2.39.